The number of hydrogen-bond acceptors (Lipinski definition) is 3. The van der Waals surface area contributed by atoms with Gasteiger partial charge in [0.1, 0.15) is 0 Å². The Morgan fingerprint density at radius 3 is 2.52 bits per heavy atom. The molecule has 0 aliphatic carbocycles. The Labute approximate surface area is 144 Å². The summed E-state index contributed by atoms with van der Waals surface area (Å²) < 4.78 is 43.9. The Bertz CT molecular complexity index is 752. The first-order chi connectivity index (χ1) is 12.0. The Morgan fingerprint density at radius 2 is 1.84 bits per heavy atom. The van der Waals surface area contributed by atoms with Crippen molar-refractivity contribution in [1.82, 2.24) is 0 Å². The van der Waals surface area contributed by atoms with E-state index in [1.54, 1.807) is 0 Å². The summed E-state index contributed by atoms with van der Waals surface area (Å²) >= 11 is 0. The second-order valence-corrected chi connectivity index (χ2v) is 6.50. The number of benzene rings is 2. The molecule has 1 atom stereocenters. The van der Waals surface area contributed by atoms with Crippen molar-refractivity contribution in [3.05, 3.63) is 48.0 Å². The van der Waals surface area contributed by atoms with Crippen molar-refractivity contribution in [3.8, 4) is 11.1 Å². The molecule has 0 radical (unpaired) electrons. The number of nitrogens with zero attached hydrogens (tertiary/aromatic N) is 1. The van der Waals surface area contributed by atoms with Gasteiger partial charge < -0.3 is 15.0 Å². The van der Waals surface area contributed by atoms with Crippen LogP contribution in [0.4, 0.5) is 24.5 Å². The summed E-state index contributed by atoms with van der Waals surface area (Å²) in [7, 11) is 0. The molecule has 3 nitrogen and oxygen atoms in total. The van der Waals surface area contributed by atoms with Gasteiger partial charge in [-0.15, -0.1) is 0 Å². The van der Waals surface area contributed by atoms with Crippen molar-refractivity contribution in [2.45, 2.75) is 25.1 Å². The molecule has 0 bridgehead atoms. The fourth-order valence-electron chi connectivity index (χ4n) is 3.44. The van der Waals surface area contributed by atoms with Crippen LogP contribution in [0.3, 0.4) is 0 Å². The average Bonchev–Trinajstić information content (AvgIpc) is 3.24. The number of halogens is 3. The van der Waals surface area contributed by atoms with Gasteiger partial charge in [0.2, 0.25) is 0 Å². The van der Waals surface area contributed by atoms with Crippen LogP contribution < -0.4 is 10.2 Å². The number of rotatable bonds is 3. The molecular weight excluding hydrogens is 329 g/mol. The SMILES string of the molecule is FC(F)(F)c1ccc(-c2ccc3c(c2)N(CC2CCCO2)CN3)cc1. The quantitative estimate of drug-likeness (QED) is 0.867. The van der Waals surface area contributed by atoms with Gasteiger partial charge in [0.05, 0.1) is 29.7 Å². The van der Waals surface area contributed by atoms with Crippen LogP contribution in [0.5, 0.6) is 0 Å². The van der Waals surface area contributed by atoms with Crippen molar-refractivity contribution in [2.24, 2.45) is 0 Å². The molecule has 2 aromatic rings. The van der Waals surface area contributed by atoms with Crippen LogP contribution in [0.15, 0.2) is 42.5 Å². The number of hydrogen-bond donors (Lipinski definition) is 1. The molecule has 0 spiro atoms. The van der Waals surface area contributed by atoms with E-state index in [2.05, 4.69) is 10.2 Å². The van der Waals surface area contributed by atoms with E-state index in [4.69, 9.17) is 4.74 Å². The van der Waals surface area contributed by atoms with Crippen molar-refractivity contribution in [1.29, 1.82) is 0 Å². The minimum Gasteiger partial charge on any atom is -0.376 e. The lowest BCUT2D eigenvalue weighted by atomic mass is 10.0. The molecule has 1 N–H and O–H groups in total. The second-order valence-electron chi connectivity index (χ2n) is 6.50. The van der Waals surface area contributed by atoms with Crippen LogP contribution in [0.2, 0.25) is 0 Å². The molecule has 132 valence electrons. The van der Waals surface area contributed by atoms with Gasteiger partial charge in [-0.25, -0.2) is 0 Å². The fraction of sp³-hybridized carbons (Fsp3) is 0.368. The van der Waals surface area contributed by atoms with Crippen molar-refractivity contribution < 1.29 is 17.9 Å². The zero-order valence-corrected chi connectivity index (χ0v) is 13.6. The normalized spacial score (nSPS) is 19.8. The van der Waals surface area contributed by atoms with Crippen LogP contribution in [-0.4, -0.2) is 25.9 Å². The van der Waals surface area contributed by atoms with E-state index in [-0.39, 0.29) is 6.10 Å². The molecule has 0 amide bonds. The first-order valence-corrected chi connectivity index (χ1v) is 8.43. The lowest BCUT2D eigenvalue weighted by molar-refractivity contribution is -0.137. The molecule has 4 rings (SSSR count). The number of anilines is 2. The van der Waals surface area contributed by atoms with E-state index in [1.807, 2.05) is 18.2 Å². The zero-order chi connectivity index (χ0) is 17.4. The van der Waals surface area contributed by atoms with Crippen molar-refractivity contribution in [2.75, 3.05) is 30.0 Å². The molecule has 1 saturated heterocycles. The number of alkyl halides is 3. The molecule has 2 aromatic carbocycles. The summed E-state index contributed by atoms with van der Waals surface area (Å²) in [6.07, 6.45) is -1.88. The third-order valence-electron chi connectivity index (χ3n) is 4.79. The molecular formula is C19H19F3N2O. The van der Waals surface area contributed by atoms with E-state index >= 15 is 0 Å². The van der Waals surface area contributed by atoms with Gasteiger partial charge in [0.25, 0.3) is 0 Å². The molecule has 6 heteroatoms. The van der Waals surface area contributed by atoms with E-state index in [1.165, 1.54) is 12.1 Å². The lowest BCUT2D eigenvalue weighted by Crippen LogP contribution is -2.31. The second kappa shape index (κ2) is 6.26. The van der Waals surface area contributed by atoms with E-state index in [0.717, 1.165) is 67.3 Å². The summed E-state index contributed by atoms with van der Waals surface area (Å²) in [5.74, 6) is 0. The van der Waals surface area contributed by atoms with Crippen LogP contribution >= 0.6 is 0 Å². The summed E-state index contributed by atoms with van der Waals surface area (Å²) in [4.78, 5) is 2.24. The first kappa shape index (κ1) is 16.3. The Morgan fingerprint density at radius 1 is 1.08 bits per heavy atom. The molecule has 1 unspecified atom stereocenters. The van der Waals surface area contributed by atoms with Gasteiger partial charge in [-0.05, 0) is 48.2 Å². The minimum atomic E-state index is -4.31. The monoisotopic (exact) mass is 348 g/mol. The average molecular weight is 348 g/mol. The summed E-state index contributed by atoms with van der Waals surface area (Å²) in [5.41, 5.74) is 3.19. The topological polar surface area (TPSA) is 24.5 Å². The maximum Gasteiger partial charge on any atom is 0.416 e. The predicted octanol–water partition coefficient (Wildman–Crippen LogP) is 4.74. The fourth-order valence-corrected chi connectivity index (χ4v) is 3.44. The van der Waals surface area contributed by atoms with Gasteiger partial charge in [0, 0.05) is 13.2 Å². The molecule has 2 aliphatic rings. The molecule has 1 fully saturated rings. The number of nitrogens with one attached hydrogen (secondary N) is 1. The predicted molar refractivity (Wildman–Crippen MR) is 91.7 cm³/mol. The molecule has 0 aromatic heterocycles. The number of ether oxygens (including phenoxy) is 1. The third-order valence-corrected chi connectivity index (χ3v) is 4.79. The van der Waals surface area contributed by atoms with E-state index < -0.39 is 11.7 Å². The first-order valence-electron chi connectivity index (χ1n) is 8.43. The van der Waals surface area contributed by atoms with Gasteiger partial charge in [0.15, 0.2) is 0 Å². The molecule has 2 aliphatic heterocycles. The maximum absolute atomic E-state index is 12.7. The van der Waals surface area contributed by atoms with Gasteiger partial charge in [-0.2, -0.15) is 13.2 Å². The smallest absolute Gasteiger partial charge is 0.376 e. The third kappa shape index (κ3) is 3.31. The largest absolute Gasteiger partial charge is 0.416 e. The highest BCUT2D eigenvalue weighted by Gasteiger charge is 2.30. The van der Waals surface area contributed by atoms with Crippen LogP contribution in [0, 0.1) is 0 Å². The molecule has 2 heterocycles. The van der Waals surface area contributed by atoms with Gasteiger partial charge >= 0.3 is 6.18 Å². The minimum absolute atomic E-state index is 0.252. The highest BCUT2D eigenvalue weighted by Crippen LogP contribution is 2.37. The molecule has 0 saturated carbocycles. The Hall–Kier alpha value is -2.21. The van der Waals surface area contributed by atoms with E-state index in [9.17, 15) is 13.2 Å². The van der Waals surface area contributed by atoms with Crippen LogP contribution in [-0.2, 0) is 10.9 Å². The summed E-state index contributed by atoms with van der Waals surface area (Å²) in [6, 6.07) is 11.3. The molecule has 25 heavy (non-hydrogen) atoms. The van der Waals surface area contributed by atoms with Crippen LogP contribution in [0.25, 0.3) is 11.1 Å². The van der Waals surface area contributed by atoms with Crippen molar-refractivity contribution >= 4 is 11.4 Å². The van der Waals surface area contributed by atoms with E-state index in [0.29, 0.717) is 0 Å². The highest BCUT2D eigenvalue weighted by molar-refractivity contribution is 5.81. The van der Waals surface area contributed by atoms with Crippen molar-refractivity contribution in [3.63, 3.8) is 0 Å². The van der Waals surface area contributed by atoms with Gasteiger partial charge in [-0.3, -0.25) is 0 Å². The van der Waals surface area contributed by atoms with Crippen LogP contribution in [0.1, 0.15) is 18.4 Å². The summed E-state index contributed by atoms with van der Waals surface area (Å²) in [6.45, 7) is 2.38. The Balaban J connectivity index is 1.58. The maximum atomic E-state index is 12.7. The van der Waals surface area contributed by atoms with Gasteiger partial charge in [-0.1, -0.05) is 18.2 Å². The standard InChI is InChI=1S/C19H19F3N2O/c20-19(21,22)15-6-3-13(4-7-15)14-5-8-17-18(10-14)24(12-23-17)11-16-2-1-9-25-16/h3-8,10,16,23H,1-2,9,11-12H2. The highest BCUT2D eigenvalue weighted by atomic mass is 19.4. The number of fused-ring (bicyclic) bond motifs is 1. The Kier molecular flexibility index (Phi) is 4.07. The lowest BCUT2D eigenvalue weighted by Gasteiger charge is -2.22. The summed E-state index contributed by atoms with van der Waals surface area (Å²) in [5, 5.41) is 3.35. The zero-order valence-electron chi connectivity index (χ0n) is 13.6.